The number of carbonyl (C=O) groups excluding carboxylic acids is 1. The fourth-order valence-corrected chi connectivity index (χ4v) is 1.57. The first-order valence-electron chi connectivity index (χ1n) is 6.25. The average Bonchev–Trinajstić information content (AvgIpc) is 2.25. The summed E-state index contributed by atoms with van der Waals surface area (Å²) < 4.78 is 0. The first-order chi connectivity index (χ1) is 8.36. The fourth-order valence-electron chi connectivity index (χ4n) is 1.57. The van der Waals surface area contributed by atoms with Crippen molar-refractivity contribution in [2.45, 2.75) is 51.6 Å². The first-order valence-corrected chi connectivity index (χ1v) is 6.25. The topological polar surface area (TPSA) is 113 Å². The Morgan fingerprint density at radius 1 is 1.28 bits per heavy atom. The largest absolute Gasteiger partial charge is 0.481 e. The van der Waals surface area contributed by atoms with Crippen LogP contribution in [-0.4, -0.2) is 40.8 Å². The molecule has 0 aliphatic rings. The maximum atomic E-state index is 11.5. The molecular weight excluding hydrogens is 236 g/mol. The lowest BCUT2D eigenvalue weighted by Gasteiger charge is -2.19. The van der Waals surface area contributed by atoms with Crippen LogP contribution in [0.25, 0.3) is 0 Å². The van der Waals surface area contributed by atoms with E-state index >= 15 is 0 Å². The van der Waals surface area contributed by atoms with Crippen molar-refractivity contribution < 1.29 is 19.8 Å². The Labute approximate surface area is 108 Å². The summed E-state index contributed by atoms with van der Waals surface area (Å²) in [6, 6.07) is -1.42. The van der Waals surface area contributed by atoms with Crippen LogP contribution in [0, 0.1) is 5.92 Å². The molecule has 5 N–H and O–H groups in total. The summed E-state index contributed by atoms with van der Waals surface area (Å²) in [6.45, 7) is 4.05. The minimum absolute atomic E-state index is 0.163. The van der Waals surface area contributed by atoms with Gasteiger partial charge in [0.1, 0.15) is 0 Å². The Hall–Kier alpha value is -1.14. The summed E-state index contributed by atoms with van der Waals surface area (Å²) in [5.74, 6) is -1.06. The van der Waals surface area contributed by atoms with Crippen LogP contribution >= 0.6 is 0 Å². The van der Waals surface area contributed by atoms with E-state index in [1.54, 1.807) is 0 Å². The van der Waals surface area contributed by atoms with Gasteiger partial charge in [-0.3, -0.25) is 9.59 Å². The molecule has 0 spiro atoms. The van der Waals surface area contributed by atoms with Gasteiger partial charge in [0.2, 0.25) is 5.91 Å². The van der Waals surface area contributed by atoms with E-state index in [1.165, 1.54) is 0 Å². The molecule has 2 atom stereocenters. The predicted molar refractivity (Wildman–Crippen MR) is 67.9 cm³/mol. The van der Waals surface area contributed by atoms with Gasteiger partial charge >= 0.3 is 5.97 Å². The van der Waals surface area contributed by atoms with Gasteiger partial charge in [0.15, 0.2) is 0 Å². The van der Waals surface area contributed by atoms with Crippen LogP contribution in [0.1, 0.15) is 39.5 Å². The van der Waals surface area contributed by atoms with E-state index in [0.717, 1.165) is 12.8 Å². The monoisotopic (exact) mass is 260 g/mol. The number of carboxylic acid groups (broad SMARTS) is 1. The molecule has 0 aromatic heterocycles. The molecule has 6 nitrogen and oxygen atoms in total. The molecule has 0 aromatic carbocycles. The number of nitrogens with one attached hydrogen (secondary N) is 1. The lowest BCUT2D eigenvalue weighted by molar-refractivity contribution is -0.139. The molecule has 0 bridgehead atoms. The highest BCUT2D eigenvalue weighted by atomic mass is 16.4. The van der Waals surface area contributed by atoms with Crippen molar-refractivity contribution in [3.05, 3.63) is 0 Å². The molecule has 6 heteroatoms. The molecule has 18 heavy (non-hydrogen) atoms. The van der Waals surface area contributed by atoms with E-state index in [2.05, 4.69) is 19.2 Å². The second-order valence-electron chi connectivity index (χ2n) is 4.92. The average molecular weight is 260 g/mol. The molecule has 0 saturated heterocycles. The van der Waals surface area contributed by atoms with Crippen molar-refractivity contribution >= 4 is 11.9 Å². The van der Waals surface area contributed by atoms with E-state index < -0.39 is 24.3 Å². The van der Waals surface area contributed by atoms with Crippen LogP contribution in [-0.2, 0) is 9.59 Å². The van der Waals surface area contributed by atoms with E-state index in [4.69, 9.17) is 15.9 Å². The van der Waals surface area contributed by atoms with E-state index in [9.17, 15) is 9.59 Å². The van der Waals surface area contributed by atoms with Gasteiger partial charge in [-0.05, 0) is 12.3 Å². The quantitative estimate of drug-likeness (QED) is 0.469. The third kappa shape index (κ3) is 8.03. The van der Waals surface area contributed by atoms with Crippen molar-refractivity contribution in [1.82, 2.24) is 5.32 Å². The van der Waals surface area contributed by atoms with Crippen molar-refractivity contribution in [1.29, 1.82) is 0 Å². The minimum Gasteiger partial charge on any atom is -0.481 e. The minimum atomic E-state index is -1.11. The molecule has 0 aromatic rings. The molecule has 0 rings (SSSR count). The van der Waals surface area contributed by atoms with Crippen LogP contribution in [0.4, 0.5) is 0 Å². The molecular formula is C12H24N2O4. The van der Waals surface area contributed by atoms with Gasteiger partial charge < -0.3 is 21.3 Å². The second-order valence-corrected chi connectivity index (χ2v) is 4.92. The number of carbonyl (C=O) groups is 2. The fraction of sp³-hybridized carbons (Fsp3) is 0.833. The van der Waals surface area contributed by atoms with E-state index in [-0.39, 0.29) is 12.6 Å². The zero-order chi connectivity index (χ0) is 14.1. The molecule has 0 aliphatic carbocycles. The second kappa shape index (κ2) is 8.88. The van der Waals surface area contributed by atoms with Crippen LogP contribution in [0.15, 0.2) is 0 Å². The third-order valence-corrected chi connectivity index (χ3v) is 2.63. The Bertz CT molecular complexity index is 269. The first kappa shape index (κ1) is 16.9. The summed E-state index contributed by atoms with van der Waals surface area (Å²) in [4.78, 5) is 21.9. The van der Waals surface area contributed by atoms with Gasteiger partial charge in [-0.25, -0.2) is 0 Å². The van der Waals surface area contributed by atoms with Crippen LogP contribution < -0.4 is 11.1 Å². The van der Waals surface area contributed by atoms with Crippen molar-refractivity contribution in [3.63, 3.8) is 0 Å². The third-order valence-electron chi connectivity index (χ3n) is 2.63. The van der Waals surface area contributed by atoms with Gasteiger partial charge in [0.05, 0.1) is 25.1 Å². The molecule has 1 amide bonds. The summed E-state index contributed by atoms with van der Waals surface area (Å²) in [5.41, 5.74) is 5.42. The molecule has 0 radical (unpaired) electrons. The number of hydrogen-bond donors (Lipinski definition) is 4. The summed E-state index contributed by atoms with van der Waals surface area (Å²) >= 11 is 0. The van der Waals surface area contributed by atoms with Gasteiger partial charge in [-0.15, -0.1) is 0 Å². The number of aliphatic hydroxyl groups excluding tert-OH is 1. The zero-order valence-electron chi connectivity index (χ0n) is 11.1. The lowest BCUT2D eigenvalue weighted by atomic mass is 10.0. The molecule has 0 fully saturated rings. The van der Waals surface area contributed by atoms with Crippen molar-refractivity contribution in [2.75, 3.05) is 6.61 Å². The van der Waals surface area contributed by atoms with E-state index in [1.807, 2.05) is 0 Å². The Morgan fingerprint density at radius 3 is 2.33 bits per heavy atom. The van der Waals surface area contributed by atoms with Crippen LogP contribution in [0.5, 0.6) is 0 Å². The molecule has 0 heterocycles. The Morgan fingerprint density at radius 2 is 1.89 bits per heavy atom. The maximum Gasteiger partial charge on any atom is 0.305 e. The normalized spacial score (nSPS) is 14.3. The van der Waals surface area contributed by atoms with Crippen molar-refractivity contribution in [2.24, 2.45) is 11.7 Å². The highest BCUT2D eigenvalue weighted by Crippen LogP contribution is 2.08. The Kier molecular flexibility index (Phi) is 8.32. The number of amides is 1. The summed E-state index contributed by atoms with van der Waals surface area (Å²) in [5, 5.41) is 20.2. The van der Waals surface area contributed by atoms with E-state index in [0.29, 0.717) is 12.3 Å². The Balaban J connectivity index is 4.03. The van der Waals surface area contributed by atoms with Crippen LogP contribution in [0.3, 0.4) is 0 Å². The number of rotatable bonds is 9. The SMILES string of the molecule is CC(C)CCC[C@@H](CO)NC(=O)[C@@H](N)CC(=O)O. The number of aliphatic carboxylic acids is 1. The van der Waals surface area contributed by atoms with Gasteiger partial charge in [-0.1, -0.05) is 26.7 Å². The number of hydrogen-bond acceptors (Lipinski definition) is 4. The number of nitrogens with two attached hydrogens (primary N) is 1. The molecule has 0 unspecified atom stereocenters. The standard InChI is InChI=1S/C12H24N2O4/c1-8(2)4-3-5-9(7-15)14-12(18)10(13)6-11(16)17/h8-10,15H,3-7,13H2,1-2H3,(H,14,18)(H,16,17)/t9-,10-/m0/s1. The highest BCUT2D eigenvalue weighted by molar-refractivity contribution is 5.86. The molecule has 106 valence electrons. The summed E-state index contributed by atoms with van der Waals surface area (Å²) in [7, 11) is 0. The highest BCUT2D eigenvalue weighted by Gasteiger charge is 2.19. The summed E-state index contributed by atoms with van der Waals surface area (Å²) in [6.07, 6.45) is 2.18. The number of carboxylic acids is 1. The maximum absolute atomic E-state index is 11.5. The zero-order valence-corrected chi connectivity index (χ0v) is 11.1. The number of aliphatic hydroxyl groups is 1. The molecule has 0 saturated carbocycles. The van der Waals surface area contributed by atoms with Crippen LogP contribution in [0.2, 0.25) is 0 Å². The van der Waals surface area contributed by atoms with Gasteiger partial charge in [0.25, 0.3) is 0 Å². The smallest absolute Gasteiger partial charge is 0.305 e. The van der Waals surface area contributed by atoms with Crippen molar-refractivity contribution in [3.8, 4) is 0 Å². The predicted octanol–water partition coefficient (Wildman–Crippen LogP) is 0.0918. The van der Waals surface area contributed by atoms with Gasteiger partial charge in [-0.2, -0.15) is 0 Å². The molecule has 0 aliphatic heterocycles. The van der Waals surface area contributed by atoms with Gasteiger partial charge in [0, 0.05) is 0 Å². The lowest BCUT2D eigenvalue weighted by Crippen LogP contribution is -2.47.